The first kappa shape index (κ1) is 19.7. The smallest absolute Gasteiger partial charge is 0.160 e. The van der Waals surface area contributed by atoms with Crippen molar-refractivity contribution in [2.75, 3.05) is 13.2 Å². The molecule has 2 heterocycles. The van der Waals surface area contributed by atoms with Crippen molar-refractivity contribution in [3.8, 4) is 0 Å². The highest BCUT2D eigenvalue weighted by Gasteiger charge is 2.43. The van der Waals surface area contributed by atoms with Gasteiger partial charge < -0.3 is 14.6 Å². The van der Waals surface area contributed by atoms with Crippen molar-refractivity contribution >= 4 is 40.2 Å². The molecule has 1 N–H and O–H groups in total. The van der Waals surface area contributed by atoms with Crippen LogP contribution in [0.3, 0.4) is 0 Å². The summed E-state index contributed by atoms with van der Waals surface area (Å²) in [6.45, 7) is 0.984. The van der Waals surface area contributed by atoms with E-state index in [1.165, 1.54) is 11.3 Å². The number of hydrogen-bond donors (Lipinski definition) is 1. The Labute approximate surface area is 167 Å². The Kier molecular flexibility index (Phi) is 7.72. The quantitative estimate of drug-likeness (QED) is 0.345. The Morgan fingerprint density at radius 3 is 2.92 bits per heavy atom. The molecule has 0 spiro atoms. The number of aliphatic hydroxyl groups excluding tert-OH is 1. The van der Waals surface area contributed by atoms with Crippen LogP contribution in [-0.2, 0) is 15.9 Å². The number of hydrogen-bond acceptors (Lipinski definition) is 5. The number of aliphatic hydroxyl groups is 1. The van der Waals surface area contributed by atoms with Crippen LogP contribution >= 0.6 is 33.9 Å². The summed E-state index contributed by atoms with van der Waals surface area (Å²) in [4.78, 5) is 12.9. The normalized spacial score (nSPS) is 32.8. The fourth-order valence-electron chi connectivity index (χ4n) is 4.04. The predicted molar refractivity (Wildman–Crippen MR) is 108 cm³/mol. The maximum Gasteiger partial charge on any atom is 0.160 e. The number of halogens is 1. The number of carbonyl (C=O) groups excluding carboxylic acids is 1. The average molecular weight is 478 g/mol. The maximum atomic E-state index is 10.8. The van der Waals surface area contributed by atoms with Gasteiger partial charge in [0.2, 0.25) is 0 Å². The van der Waals surface area contributed by atoms with E-state index in [4.69, 9.17) is 9.47 Å². The van der Waals surface area contributed by atoms with E-state index in [-0.39, 0.29) is 24.9 Å². The molecule has 1 aromatic heterocycles. The third-order valence-electron chi connectivity index (χ3n) is 5.38. The summed E-state index contributed by atoms with van der Waals surface area (Å²) in [5, 5.41) is 9.94. The Bertz CT molecular complexity index is 543. The molecule has 2 aliphatic rings. The molecule has 1 unspecified atom stereocenters. The van der Waals surface area contributed by atoms with Gasteiger partial charge in [0.15, 0.2) is 12.6 Å². The summed E-state index contributed by atoms with van der Waals surface area (Å²) in [6.07, 6.45) is 8.42. The molecule has 140 valence electrons. The van der Waals surface area contributed by atoms with E-state index >= 15 is 0 Å². The van der Waals surface area contributed by atoms with Gasteiger partial charge in [-0.1, -0.05) is 22.6 Å². The molecule has 1 aliphatic carbocycles. The molecule has 1 aliphatic heterocycles. The first-order chi connectivity index (χ1) is 12.2. The lowest BCUT2D eigenvalue weighted by Gasteiger charge is -2.29. The average Bonchev–Trinajstić information content (AvgIpc) is 3.20. The SMILES string of the molecule is O=Cc1ccc(CCC[C@@H]2[C@@H](CO)[C@H](OC3CCCCO3)C[C@H]2I)s1. The second kappa shape index (κ2) is 9.78. The van der Waals surface area contributed by atoms with Crippen LogP contribution in [-0.4, -0.2) is 40.9 Å². The maximum absolute atomic E-state index is 10.8. The molecule has 1 saturated heterocycles. The van der Waals surface area contributed by atoms with Crippen molar-refractivity contribution in [1.82, 2.24) is 0 Å². The minimum absolute atomic E-state index is 0.0805. The van der Waals surface area contributed by atoms with Gasteiger partial charge in [0.1, 0.15) is 0 Å². The zero-order valence-corrected chi connectivity index (χ0v) is 17.4. The van der Waals surface area contributed by atoms with Gasteiger partial charge in [0, 0.05) is 27.9 Å². The monoisotopic (exact) mass is 478 g/mol. The standard InChI is InChI=1S/C19H27IO4S/c20-17-10-18(24-19-6-1-2-9-23-19)16(12-22)15(17)5-3-4-13-7-8-14(11-21)25-13/h7-8,11,15-19,22H,1-6,9-10,12H2/t15-,16-,17-,18-,19?/m1/s1. The van der Waals surface area contributed by atoms with Crippen molar-refractivity contribution < 1.29 is 19.4 Å². The van der Waals surface area contributed by atoms with E-state index in [2.05, 4.69) is 28.7 Å². The fourth-order valence-corrected chi connectivity index (χ4v) is 6.30. The van der Waals surface area contributed by atoms with E-state index in [1.54, 1.807) is 11.3 Å². The van der Waals surface area contributed by atoms with Gasteiger partial charge in [-0.05, 0) is 63.0 Å². The molecule has 0 amide bonds. The van der Waals surface area contributed by atoms with Gasteiger partial charge in [0.25, 0.3) is 0 Å². The van der Waals surface area contributed by atoms with Gasteiger partial charge in [0.05, 0.1) is 11.0 Å². The zero-order chi connectivity index (χ0) is 17.6. The van der Waals surface area contributed by atoms with Gasteiger partial charge in [-0.25, -0.2) is 0 Å². The molecule has 0 bridgehead atoms. The summed E-state index contributed by atoms with van der Waals surface area (Å²) < 4.78 is 12.5. The van der Waals surface area contributed by atoms with E-state index in [1.807, 2.05) is 6.07 Å². The lowest BCUT2D eigenvalue weighted by Crippen LogP contribution is -2.33. The molecule has 4 nitrogen and oxygen atoms in total. The van der Waals surface area contributed by atoms with Crippen LogP contribution in [0, 0.1) is 11.8 Å². The molecule has 25 heavy (non-hydrogen) atoms. The molecule has 0 radical (unpaired) electrons. The Morgan fingerprint density at radius 1 is 1.36 bits per heavy atom. The predicted octanol–water partition coefficient (Wildman–Crippen LogP) is 4.23. The highest BCUT2D eigenvalue weighted by atomic mass is 127. The molecule has 0 aromatic carbocycles. The van der Waals surface area contributed by atoms with E-state index in [0.29, 0.717) is 9.84 Å². The Balaban J connectivity index is 1.50. The fraction of sp³-hybridized carbons (Fsp3) is 0.737. The Morgan fingerprint density at radius 2 is 2.24 bits per heavy atom. The number of aryl methyl sites for hydroxylation is 1. The minimum atomic E-state index is -0.0805. The first-order valence-electron chi connectivity index (χ1n) is 9.27. The number of rotatable bonds is 8. The lowest BCUT2D eigenvalue weighted by molar-refractivity contribution is -0.197. The highest BCUT2D eigenvalue weighted by molar-refractivity contribution is 14.1. The van der Waals surface area contributed by atoms with Crippen molar-refractivity contribution in [2.24, 2.45) is 11.8 Å². The van der Waals surface area contributed by atoms with E-state index in [0.717, 1.165) is 56.3 Å². The molecule has 2 fully saturated rings. The molecular weight excluding hydrogens is 451 g/mol. The number of ether oxygens (including phenoxy) is 2. The summed E-state index contributed by atoms with van der Waals surface area (Å²) in [7, 11) is 0. The van der Waals surface area contributed by atoms with E-state index in [9.17, 15) is 9.90 Å². The number of thiophene rings is 1. The molecule has 5 atom stereocenters. The minimum Gasteiger partial charge on any atom is -0.396 e. The van der Waals surface area contributed by atoms with Crippen LogP contribution in [0.25, 0.3) is 0 Å². The lowest BCUT2D eigenvalue weighted by atomic mass is 9.90. The molecular formula is C19H27IO4S. The number of carbonyl (C=O) groups is 1. The highest BCUT2D eigenvalue weighted by Crippen LogP contribution is 2.42. The Hall–Kier alpha value is -0.0200. The molecule has 3 rings (SSSR count). The van der Waals surface area contributed by atoms with Crippen LogP contribution in [0.15, 0.2) is 12.1 Å². The van der Waals surface area contributed by atoms with E-state index < -0.39 is 0 Å². The van der Waals surface area contributed by atoms with Crippen LogP contribution in [0.5, 0.6) is 0 Å². The van der Waals surface area contributed by atoms with Gasteiger partial charge in [-0.2, -0.15) is 0 Å². The number of alkyl halides is 1. The second-order valence-corrected chi connectivity index (χ2v) is 9.85. The van der Waals surface area contributed by atoms with Crippen LogP contribution in [0.1, 0.15) is 53.1 Å². The van der Waals surface area contributed by atoms with Gasteiger partial charge >= 0.3 is 0 Å². The first-order valence-corrected chi connectivity index (χ1v) is 11.3. The summed E-state index contributed by atoms with van der Waals surface area (Å²) in [5.41, 5.74) is 0. The van der Waals surface area contributed by atoms with Crippen molar-refractivity contribution in [3.05, 3.63) is 21.9 Å². The molecule has 6 heteroatoms. The summed E-state index contributed by atoms with van der Waals surface area (Å²) in [5.74, 6) is 0.700. The zero-order valence-electron chi connectivity index (χ0n) is 14.4. The molecule has 1 aromatic rings. The van der Waals surface area contributed by atoms with Crippen molar-refractivity contribution in [3.63, 3.8) is 0 Å². The number of aldehydes is 1. The topological polar surface area (TPSA) is 55.8 Å². The summed E-state index contributed by atoms with van der Waals surface area (Å²) in [6, 6.07) is 3.95. The summed E-state index contributed by atoms with van der Waals surface area (Å²) >= 11 is 4.12. The van der Waals surface area contributed by atoms with Crippen LogP contribution in [0.2, 0.25) is 0 Å². The third kappa shape index (κ3) is 5.25. The van der Waals surface area contributed by atoms with Gasteiger partial charge in [-0.15, -0.1) is 11.3 Å². The molecule has 1 saturated carbocycles. The van der Waals surface area contributed by atoms with Crippen LogP contribution < -0.4 is 0 Å². The van der Waals surface area contributed by atoms with Crippen LogP contribution in [0.4, 0.5) is 0 Å². The van der Waals surface area contributed by atoms with Crippen molar-refractivity contribution in [2.45, 2.75) is 61.3 Å². The largest absolute Gasteiger partial charge is 0.396 e. The second-order valence-electron chi connectivity index (χ2n) is 7.05. The van der Waals surface area contributed by atoms with Gasteiger partial charge in [-0.3, -0.25) is 4.79 Å². The third-order valence-corrected chi connectivity index (χ3v) is 7.89. The van der Waals surface area contributed by atoms with Crippen molar-refractivity contribution in [1.29, 1.82) is 0 Å².